The van der Waals surface area contributed by atoms with E-state index < -0.39 is 24.7 Å². The van der Waals surface area contributed by atoms with Gasteiger partial charge in [0.1, 0.15) is 18.5 Å². The van der Waals surface area contributed by atoms with E-state index in [0.29, 0.717) is 6.04 Å². The smallest absolute Gasteiger partial charge is 0.315 e. The molecule has 0 unspecified atom stereocenters. The highest BCUT2D eigenvalue weighted by Crippen LogP contribution is 2.38. The highest BCUT2D eigenvalue weighted by molar-refractivity contribution is 5.86. The molecule has 0 radical (unpaired) electrons. The molecule has 0 aliphatic heterocycles. The van der Waals surface area contributed by atoms with E-state index in [1.165, 1.54) is 0 Å². The van der Waals surface area contributed by atoms with Crippen LogP contribution in [-0.4, -0.2) is 40.8 Å². The molecule has 2 aromatic rings. The minimum Gasteiger partial charge on any atom is -0.352 e. The number of carbonyl (C=O) groups excluding carboxylic acids is 2. The maximum atomic E-state index is 12.1. The van der Waals surface area contributed by atoms with Crippen molar-refractivity contribution in [3.63, 3.8) is 0 Å². The number of amides is 3. The topological polar surface area (TPSA) is 88.1 Å². The summed E-state index contributed by atoms with van der Waals surface area (Å²) >= 11 is 0. The Kier molecular flexibility index (Phi) is 5.16. The van der Waals surface area contributed by atoms with Gasteiger partial charge < -0.3 is 20.5 Å². The van der Waals surface area contributed by atoms with Gasteiger partial charge in [0.2, 0.25) is 5.91 Å². The summed E-state index contributed by atoms with van der Waals surface area (Å²) in [6.07, 6.45) is 2.23. The van der Waals surface area contributed by atoms with Gasteiger partial charge in [0.25, 0.3) is 0 Å². The van der Waals surface area contributed by atoms with E-state index in [1.54, 1.807) is 6.92 Å². The van der Waals surface area contributed by atoms with Crippen molar-refractivity contribution >= 4 is 23.0 Å². The van der Waals surface area contributed by atoms with Crippen LogP contribution in [0.1, 0.15) is 31.6 Å². The largest absolute Gasteiger partial charge is 0.352 e. The molecule has 0 bridgehead atoms. The Hall–Kier alpha value is -2.64. The molecule has 1 saturated carbocycles. The number of hydrogen-bond acceptors (Lipinski definition) is 3. The summed E-state index contributed by atoms with van der Waals surface area (Å²) in [4.78, 5) is 28.2. The highest BCUT2D eigenvalue weighted by Gasteiger charge is 2.28. The number of hydrogen-bond donors (Lipinski definition) is 3. The van der Waals surface area contributed by atoms with E-state index in [4.69, 9.17) is 0 Å². The number of nitrogens with one attached hydrogen (secondary N) is 3. The van der Waals surface area contributed by atoms with Crippen molar-refractivity contribution in [1.29, 1.82) is 0 Å². The first-order valence-corrected chi connectivity index (χ1v) is 8.44. The molecule has 3 N–H and O–H groups in total. The molecule has 1 aromatic carbocycles. The van der Waals surface area contributed by atoms with Crippen molar-refractivity contribution in [3.05, 3.63) is 30.1 Å². The SMILES string of the molecule is C[C@@H](NC(=O)NCc1nc2ccccc2n1C1CC1)C(=O)NCCF. The molecule has 0 saturated heterocycles. The van der Waals surface area contributed by atoms with Crippen LogP contribution in [0.15, 0.2) is 24.3 Å². The second kappa shape index (κ2) is 7.50. The van der Waals surface area contributed by atoms with Crippen LogP contribution in [0.4, 0.5) is 9.18 Å². The van der Waals surface area contributed by atoms with Gasteiger partial charge in [0.15, 0.2) is 0 Å². The first kappa shape index (κ1) is 17.2. The summed E-state index contributed by atoms with van der Waals surface area (Å²) in [5.41, 5.74) is 1.98. The van der Waals surface area contributed by atoms with E-state index in [2.05, 4.69) is 25.5 Å². The summed E-state index contributed by atoms with van der Waals surface area (Å²) in [6.45, 7) is 1.13. The second-order valence-corrected chi connectivity index (χ2v) is 6.15. The van der Waals surface area contributed by atoms with Crippen molar-refractivity contribution in [2.45, 2.75) is 38.4 Å². The molecule has 3 amide bonds. The summed E-state index contributed by atoms with van der Waals surface area (Å²) in [6, 6.07) is 7.14. The lowest BCUT2D eigenvalue weighted by Crippen LogP contribution is -2.48. The molecule has 1 heterocycles. The number of carbonyl (C=O) groups is 2. The first-order valence-electron chi connectivity index (χ1n) is 8.44. The fourth-order valence-electron chi connectivity index (χ4n) is 2.76. The second-order valence-electron chi connectivity index (χ2n) is 6.15. The van der Waals surface area contributed by atoms with Gasteiger partial charge in [-0.2, -0.15) is 0 Å². The zero-order valence-electron chi connectivity index (χ0n) is 14.1. The van der Waals surface area contributed by atoms with Crippen LogP contribution in [-0.2, 0) is 11.3 Å². The molecule has 1 atom stereocenters. The quantitative estimate of drug-likeness (QED) is 0.711. The van der Waals surface area contributed by atoms with E-state index in [-0.39, 0.29) is 13.1 Å². The van der Waals surface area contributed by atoms with Crippen molar-refractivity contribution in [1.82, 2.24) is 25.5 Å². The number of imidazole rings is 1. The van der Waals surface area contributed by atoms with Gasteiger partial charge in [-0.25, -0.2) is 14.2 Å². The molecule has 1 aromatic heterocycles. The Morgan fingerprint density at radius 2 is 2.08 bits per heavy atom. The van der Waals surface area contributed by atoms with Crippen molar-refractivity contribution in [2.24, 2.45) is 0 Å². The molecule has 1 fully saturated rings. The molecule has 25 heavy (non-hydrogen) atoms. The van der Waals surface area contributed by atoms with Gasteiger partial charge >= 0.3 is 6.03 Å². The fourth-order valence-corrected chi connectivity index (χ4v) is 2.76. The lowest BCUT2D eigenvalue weighted by atomic mass is 10.3. The van der Waals surface area contributed by atoms with Gasteiger partial charge in [0.05, 0.1) is 17.6 Å². The van der Waals surface area contributed by atoms with E-state index in [1.807, 2.05) is 24.3 Å². The minimum atomic E-state index is -0.742. The third kappa shape index (κ3) is 4.07. The summed E-state index contributed by atoms with van der Waals surface area (Å²) in [5.74, 6) is 0.381. The molecule has 8 heteroatoms. The molecular weight excluding hydrogens is 325 g/mol. The number of rotatable bonds is 7. The fraction of sp³-hybridized carbons (Fsp3) is 0.471. The molecular formula is C17H22FN5O2. The number of para-hydroxylation sites is 2. The average Bonchev–Trinajstić information content (AvgIpc) is 3.37. The Morgan fingerprint density at radius 1 is 1.32 bits per heavy atom. The molecule has 1 aliphatic rings. The van der Waals surface area contributed by atoms with Crippen LogP contribution < -0.4 is 16.0 Å². The monoisotopic (exact) mass is 347 g/mol. The average molecular weight is 347 g/mol. The predicted octanol–water partition coefficient (Wildman–Crippen LogP) is 1.64. The van der Waals surface area contributed by atoms with E-state index in [0.717, 1.165) is 29.7 Å². The van der Waals surface area contributed by atoms with Crippen molar-refractivity contribution in [2.75, 3.05) is 13.2 Å². The molecule has 0 spiro atoms. The van der Waals surface area contributed by atoms with Crippen LogP contribution in [0, 0.1) is 0 Å². The minimum absolute atomic E-state index is 0.0577. The Morgan fingerprint density at radius 3 is 2.80 bits per heavy atom. The maximum absolute atomic E-state index is 12.1. The van der Waals surface area contributed by atoms with Gasteiger partial charge in [-0.05, 0) is 31.9 Å². The zero-order valence-corrected chi connectivity index (χ0v) is 14.1. The van der Waals surface area contributed by atoms with Gasteiger partial charge in [-0.15, -0.1) is 0 Å². The Bertz CT molecular complexity index is 771. The van der Waals surface area contributed by atoms with Crippen LogP contribution in [0.2, 0.25) is 0 Å². The highest BCUT2D eigenvalue weighted by atomic mass is 19.1. The number of alkyl halides is 1. The maximum Gasteiger partial charge on any atom is 0.315 e. The van der Waals surface area contributed by atoms with E-state index >= 15 is 0 Å². The standard InChI is InChI=1S/C17H22FN5O2/c1-11(16(24)19-9-8-18)21-17(25)20-10-15-22-13-4-2-3-5-14(13)23(15)12-6-7-12/h2-5,11-12H,6-10H2,1H3,(H,19,24)(H2,20,21,25)/t11-/m1/s1. The lowest BCUT2D eigenvalue weighted by molar-refractivity contribution is -0.122. The number of halogens is 1. The number of urea groups is 1. The van der Waals surface area contributed by atoms with Gasteiger partial charge in [-0.1, -0.05) is 12.1 Å². The van der Waals surface area contributed by atoms with Crippen LogP contribution >= 0.6 is 0 Å². The zero-order chi connectivity index (χ0) is 17.8. The normalized spacial score (nSPS) is 15.0. The Labute approximate surface area is 145 Å². The predicted molar refractivity (Wildman–Crippen MR) is 91.8 cm³/mol. The molecule has 1 aliphatic carbocycles. The summed E-state index contributed by atoms with van der Waals surface area (Å²) < 4.78 is 14.2. The first-order chi connectivity index (χ1) is 12.1. The van der Waals surface area contributed by atoms with Crippen molar-refractivity contribution in [3.8, 4) is 0 Å². The van der Waals surface area contributed by atoms with Gasteiger partial charge in [-0.3, -0.25) is 4.79 Å². The summed E-state index contributed by atoms with van der Waals surface area (Å²) in [5, 5.41) is 7.66. The Balaban J connectivity index is 1.60. The molecule has 3 rings (SSSR count). The number of nitrogens with zero attached hydrogens (tertiary/aromatic N) is 2. The van der Waals surface area contributed by atoms with Crippen LogP contribution in [0.25, 0.3) is 11.0 Å². The lowest BCUT2D eigenvalue weighted by Gasteiger charge is -2.14. The van der Waals surface area contributed by atoms with Crippen LogP contribution in [0.5, 0.6) is 0 Å². The molecule has 134 valence electrons. The summed E-state index contributed by atoms with van der Waals surface area (Å²) in [7, 11) is 0. The number of aromatic nitrogens is 2. The van der Waals surface area contributed by atoms with Gasteiger partial charge in [0, 0.05) is 12.6 Å². The third-order valence-corrected chi connectivity index (χ3v) is 4.12. The molecule has 7 nitrogen and oxygen atoms in total. The third-order valence-electron chi connectivity index (χ3n) is 4.12. The number of benzene rings is 1. The number of fused-ring (bicyclic) bond motifs is 1. The van der Waals surface area contributed by atoms with Crippen molar-refractivity contribution < 1.29 is 14.0 Å². The van der Waals surface area contributed by atoms with E-state index in [9.17, 15) is 14.0 Å². The van der Waals surface area contributed by atoms with Crippen LogP contribution in [0.3, 0.4) is 0 Å².